The molecule has 0 radical (unpaired) electrons. The van der Waals surface area contributed by atoms with Crippen molar-refractivity contribution in [2.24, 2.45) is 0 Å². The van der Waals surface area contributed by atoms with Crippen molar-refractivity contribution in [3.8, 4) is 0 Å². The molecule has 0 bridgehead atoms. The molecule has 0 amide bonds. The van der Waals surface area contributed by atoms with Crippen LogP contribution in [0, 0.1) is 0 Å². The highest BCUT2D eigenvalue weighted by Crippen LogP contribution is 2.68. The van der Waals surface area contributed by atoms with Crippen LogP contribution in [0.25, 0.3) is 0 Å². The molecule has 0 aliphatic heterocycles. The molecule has 1 aromatic heterocycles. The quantitative estimate of drug-likeness (QED) is 0.392. The van der Waals surface area contributed by atoms with Crippen molar-refractivity contribution in [2.45, 2.75) is 37.8 Å². The number of nitrogens with zero attached hydrogens (tertiary/aromatic N) is 1. The zero-order valence-corrected chi connectivity index (χ0v) is 13.7. The van der Waals surface area contributed by atoms with Crippen LogP contribution in [-0.2, 0) is 21.1 Å². The smallest absolute Gasteiger partial charge is 0.367 e. The fourth-order valence-corrected chi connectivity index (χ4v) is 3.83. The van der Waals surface area contributed by atoms with Crippen molar-refractivity contribution in [2.75, 3.05) is 0 Å². The Bertz CT molecular complexity index is 591. The molecule has 5 N–H and O–H groups in total. The Morgan fingerprint density at radius 2 is 1.57 bits per heavy atom. The van der Waals surface area contributed by atoms with Gasteiger partial charge in [-0.05, 0) is 6.07 Å². The first-order valence-electron chi connectivity index (χ1n) is 6.03. The maximum absolute atomic E-state index is 11.3. The fraction of sp³-hybridized carbons (Fsp3) is 0.545. The van der Waals surface area contributed by atoms with Gasteiger partial charge in [-0.25, -0.2) is 4.57 Å². The van der Waals surface area contributed by atoms with Gasteiger partial charge in [0.15, 0.2) is 17.9 Å². The van der Waals surface area contributed by atoms with E-state index >= 15 is 0 Å². The summed E-state index contributed by atoms with van der Waals surface area (Å²) in [6, 6.07) is 3.00. The Labute approximate surface area is 122 Å². The van der Waals surface area contributed by atoms with Crippen molar-refractivity contribution in [1.29, 1.82) is 0 Å². The van der Waals surface area contributed by atoms with Crippen molar-refractivity contribution < 1.29 is 38.4 Å². The van der Waals surface area contributed by atoms with E-state index in [1.807, 2.05) is 20.8 Å². The van der Waals surface area contributed by atoms with Crippen LogP contribution in [0.4, 0.5) is 0 Å². The van der Waals surface area contributed by atoms with Crippen LogP contribution in [0.2, 0.25) is 0 Å². The van der Waals surface area contributed by atoms with Crippen LogP contribution in [0.15, 0.2) is 24.5 Å². The maximum atomic E-state index is 11.3. The van der Waals surface area contributed by atoms with Crippen LogP contribution in [0.3, 0.4) is 0 Å². The zero-order chi connectivity index (χ0) is 16.7. The molecule has 0 aliphatic rings. The van der Waals surface area contributed by atoms with Crippen molar-refractivity contribution in [3.05, 3.63) is 30.1 Å². The second kappa shape index (κ2) is 5.56. The SMILES string of the molecule is CC(C)(C)[n+]1cccc(CC(O)(P(=O)(O)O)P(=O)(O)O)c1. The summed E-state index contributed by atoms with van der Waals surface area (Å²) < 4.78 is 24.4. The highest BCUT2D eigenvalue weighted by Gasteiger charge is 2.59. The van der Waals surface area contributed by atoms with Crippen molar-refractivity contribution in [1.82, 2.24) is 0 Å². The summed E-state index contributed by atoms with van der Waals surface area (Å²) in [6.07, 6.45) is 2.33. The normalized spacial score (nSPS) is 14.3. The minimum atomic E-state index is -5.45. The lowest BCUT2D eigenvalue weighted by molar-refractivity contribution is -0.754. The summed E-state index contributed by atoms with van der Waals surface area (Å²) >= 11 is 0. The summed E-state index contributed by atoms with van der Waals surface area (Å²) in [5.41, 5.74) is -0.139. The van der Waals surface area contributed by atoms with E-state index in [4.69, 9.17) is 19.6 Å². The second-order valence-electron chi connectivity index (χ2n) is 5.83. The monoisotopic (exact) mass is 340 g/mol. The first-order chi connectivity index (χ1) is 9.18. The van der Waals surface area contributed by atoms with Crippen LogP contribution in [-0.4, -0.2) is 29.8 Å². The average molecular weight is 340 g/mol. The Hall–Kier alpha value is -0.590. The molecule has 0 atom stereocenters. The third kappa shape index (κ3) is 3.99. The number of pyridine rings is 1. The molecule has 10 heteroatoms. The molecule has 8 nitrogen and oxygen atoms in total. The Morgan fingerprint density at radius 1 is 1.10 bits per heavy atom. The molecule has 0 saturated heterocycles. The predicted molar refractivity (Wildman–Crippen MR) is 74.4 cm³/mol. The van der Waals surface area contributed by atoms with Gasteiger partial charge in [-0.2, -0.15) is 0 Å². The minimum absolute atomic E-state index is 0.196. The van der Waals surface area contributed by atoms with Gasteiger partial charge in [0.2, 0.25) is 0 Å². The number of hydrogen-bond acceptors (Lipinski definition) is 3. The molecule has 0 spiro atoms. The standard InChI is InChI=1S/C11H19NO7P2/c1-10(2,3)12-6-4-5-9(8-12)7-11(13,20(14,15)16)21(17,18)19/h4-6,8,13H,7H2,1-3H3,(H3-,14,15,16,17,18,19)/p+1. The van der Waals surface area contributed by atoms with Crippen LogP contribution >= 0.6 is 15.2 Å². The number of hydrogen-bond donors (Lipinski definition) is 5. The van der Waals surface area contributed by atoms with Gasteiger partial charge in [0.05, 0.1) is 0 Å². The molecular formula is C11H20NO7P2+. The molecular weight excluding hydrogens is 320 g/mol. The van der Waals surface area contributed by atoms with Gasteiger partial charge in [0.25, 0.3) is 5.08 Å². The first kappa shape index (κ1) is 18.5. The Balaban J connectivity index is 3.31. The molecule has 1 rings (SSSR count). The third-order valence-electron chi connectivity index (χ3n) is 3.01. The number of aliphatic hydroxyl groups is 1. The molecule has 0 saturated carbocycles. The molecule has 0 aromatic carbocycles. The van der Waals surface area contributed by atoms with Crippen LogP contribution < -0.4 is 4.57 Å². The largest absolute Gasteiger partial charge is 0.369 e. The molecule has 1 heterocycles. The Morgan fingerprint density at radius 3 is 1.95 bits per heavy atom. The van der Waals surface area contributed by atoms with E-state index in [0.717, 1.165) is 0 Å². The zero-order valence-electron chi connectivity index (χ0n) is 11.9. The van der Waals surface area contributed by atoms with Crippen LogP contribution in [0.5, 0.6) is 0 Å². The predicted octanol–water partition coefficient (Wildman–Crippen LogP) is 0.273. The van der Waals surface area contributed by atoms with Gasteiger partial charge < -0.3 is 24.7 Å². The van der Waals surface area contributed by atoms with Crippen molar-refractivity contribution >= 4 is 15.2 Å². The van der Waals surface area contributed by atoms with E-state index in [1.54, 1.807) is 16.8 Å². The van der Waals surface area contributed by atoms with E-state index in [1.165, 1.54) is 12.3 Å². The van der Waals surface area contributed by atoms with E-state index in [0.29, 0.717) is 0 Å². The Kier molecular flexibility index (Phi) is 4.88. The molecule has 0 aliphatic carbocycles. The topological polar surface area (TPSA) is 139 Å². The molecule has 0 fully saturated rings. The van der Waals surface area contributed by atoms with E-state index in [9.17, 15) is 14.2 Å². The van der Waals surface area contributed by atoms with Gasteiger partial charge >= 0.3 is 15.2 Å². The summed E-state index contributed by atoms with van der Waals surface area (Å²) in [5, 5.41) is 6.46. The van der Waals surface area contributed by atoms with Gasteiger partial charge in [-0.3, -0.25) is 9.13 Å². The van der Waals surface area contributed by atoms with E-state index < -0.39 is 26.7 Å². The highest BCUT2D eigenvalue weighted by molar-refractivity contribution is 7.72. The molecule has 21 heavy (non-hydrogen) atoms. The molecule has 0 unspecified atom stereocenters. The average Bonchev–Trinajstić information content (AvgIpc) is 2.25. The minimum Gasteiger partial charge on any atom is -0.367 e. The molecule has 120 valence electrons. The second-order valence-corrected chi connectivity index (χ2v) is 9.84. The van der Waals surface area contributed by atoms with Gasteiger partial charge in [-0.1, -0.05) is 0 Å². The van der Waals surface area contributed by atoms with E-state index in [-0.39, 0.29) is 11.1 Å². The summed E-state index contributed by atoms with van der Waals surface area (Å²) in [5.74, 6) is 0. The summed E-state index contributed by atoms with van der Waals surface area (Å²) in [7, 11) is -10.9. The first-order valence-corrected chi connectivity index (χ1v) is 9.25. The highest BCUT2D eigenvalue weighted by atomic mass is 31.2. The summed E-state index contributed by atoms with van der Waals surface area (Å²) in [6.45, 7) is 5.65. The van der Waals surface area contributed by atoms with E-state index in [2.05, 4.69) is 0 Å². The lowest BCUT2D eigenvalue weighted by atomic mass is 10.1. The fourth-order valence-electron chi connectivity index (χ4n) is 1.70. The molecule has 1 aromatic rings. The summed E-state index contributed by atoms with van der Waals surface area (Å²) in [4.78, 5) is 36.5. The number of aromatic nitrogens is 1. The lowest BCUT2D eigenvalue weighted by Crippen LogP contribution is -2.50. The maximum Gasteiger partial charge on any atom is 0.369 e. The van der Waals surface area contributed by atoms with Gasteiger partial charge in [0.1, 0.15) is 0 Å². The van der Waals surface area contributed by atoms with Crippen molar-refractivity contribution in [3.63, 3.8) is 0 Å². The third-order valence-corrected chi connectivity index (χ3v) is 6.76. The van der Waals surface area contributed by atoms with Crippen LogP contribution in [0.1, 0.15) is 26.3 Å². The van der Waals surface area contributed by atoms with Gasteiger partial charge in [-0.15, -0.1) is 0 Å². The van der Waals surface area contributed by atoms with Gasteiger partial charge in [0, 0.05) is 38.8 Å². The lowest BCUT2D eigenvalue weighted by Gasteiger charge is -2.29. The number of rotatable bonds is 4.